The van der Waals surface area contributed by atoms with Crippen molar-refractivity contribution in [3.63, 3.8) is 0 Å². The molecule has 0 radical (unpaired) electrons. The monoisotopic (exact) mass is 421 g/mol. The van der Waals surface area contributed by atoms with Gasteiger partial charge in [-0.25, -0.2) is 4.98 Å². The van der Waals surface area contributed by atoms with E-state index in [1.807, 2.05) is 37.0 Å². The van der Waals surface area contributed by atoms with Crippen LogP contribution >= 0.6 is 11.3 Å². The van der Waals surface area contributed by atoms with Gasteiger partial charge in [-0.05, 0) is 55.4 Å². The van der Waals surface area contributed by atoms with Crippen LogP contribution in [0.3, 0.4) is 0 Å². The standard InChI is InChI=1S/C24H27N3O2S/c1-14(2)18-9-7-17(8-10-18)13-19(24(29)27-11-5-6-12-27)21-25-22(28)20-15(3)16(4)30-23(20)26-21/h7-10,13-14H,5-6,11-12H2,1-4H3,(H,25,26,28)/b19-13+. The third kappa shape index (κ3) is 3.84. The van der Waals surface area contributed by atoms with Crippen molar-refractivity contribution in [2.75, 3.05) is 13.1 Å². The van der Waals surface area contributed by atoms with Crippen LogP contribution in [0.4, 0.5) is 0 Å². The molecule has 1 aromatic carbocycles. The molecule has 1 aliphatic rings. The molecule has 4 rings (SSSR count). The predicted molar refractivity (Wildman–Crippen MR) is 124 cm³/mol. The number of hydrogen-bond acceptors (Lipinski definition) is 4. The molecule has 0 spiro atoms. The van der Waals surface area contributed by atoms with E-state index in [0.717, 1.165) is 41.9 Å². The molecule has 6 heteroatoms. The second-order valence-corrected chi connectivity index (χ2v) is 9.46. The summed E-state index contributed by atoms with van der Waals surface area (Å²) in [4.78, 5) is 37.3. The van der Waals surface area contributed by atoms with E-state index < -0.39 is 0 Å². The average molecular weight is 422 g/mol. The van der Waals surface area contributed by atoms with Gasteiger partial charge in [-0.2, -0.15) is 0 Å². The number of hydrogen-bond donors (Lipinski definition) is 1. The lowest BCUT2D eigenvalue weighted by Crippen LogP contribution is -2.29. The smallest absolute Gasteiger partial charge is 0.260 e. The lowest BCUT2D eigenvalue weighted by molar-refractivity contribution is -0.123. The summed E-state index contributed by atoms with van der Waals surface area (Å²) in [5.41, 5.74) is 3.38. The quantitative estimate of drug-likeness (QED) is 0.610. The predicted octanol–water partition coefficient (Wildman–Crippen LogP) is 4.89. The summed E-state index contributed by atoms with van der Waals surface area (Å²) < 4.78 is 0. The number of aromatic amines is 1. The number of aryl methyl sites for hydroxylation is 2. The molecule has 0 aliphatic carbocycles. The molecule has 3 heterocycles. The Morgan fingerprint density at radius 1 is 1.17 bits per heavy atom. The van der Waals surface area contributed by atoms with Crippen molar-refractivity contribution >= 4 is 39.1 Å². The summed E-state index contributed by atoms with van der Waals surface area (Å²) in [6, 6.07) is 8.20. The maximum absolute atomic E-state index is 13.3. The Morgan fingerprint density at radius 3 is 2.47 bits per heavy atom. The van der Waals surface area contributed by atoms with E-state index in [1.54, 1.807) is 0 Å². The molecule has 1 saturated heterocycles. The molecule has 0 atom stereocenters. The van der Waals surface area contributed by atoms with Crippen LogP contribution in [0.2, 0.25) is 0 Å². The average Bonchev–Trinajstić information content (AvgIpc) is 3.35. The Bertz CT molecular complexity index is 1180. The fraction of sp³-hybridized carbons (Fsp3) is 0.375. The molecule has 1 N–H and O–H groups in total. The molecule has 0 bridgehead atoms. The molecule has 30 heavy (non-hydrogen) atoms. The lowest BCUT2D eigenvalue weighted by atomic mass is 10.0. The van der Waals surface area contributed by atoms with Crippen LogP contribution in [-0.2, 0) is 4.79 Å². The van der Waals surface area contributed by atoms with Gasteiger partial charge >= 0.3 is 0 Å². The number of thiophene rings is 1. The Kier molecular flexibility index (Phi) is 5.60. The molecule has 0 saturated carbocycles. The second-order valence-electron chi connectivity index (χ2n) is 8.26. The fourth-order valence-electron chi connectivity index (χ4n) is 3.85. The normalized spacial score (nSPS) is 14.8. The number of amides is 1. The maximum Gasteiger partial charge on any atom is 0.260 e. The molecule has 3 aromatic rings. The molecular formula is C24H27N3O2S. The Labute approximate surface area is 180 Å². The first-order valence-corrected chi connectivity index (χ1v) is 11.3. The zero-order valence-electron chi connectivity index (χ0n) is 17.9. The Balaban J connectivity index is 1.84. The number of carbonyl (C=O) groups is 1. The minimum absolute atomic E-state index is 0.0760. The molecule has 1 aliphatic heterocycles. The van der Waals surface area contributed by atoms with Gasteiger partial charge in [-0.15, -0.1) is 11.3 Å². The van der Waals surface area contributed by atoms with E-state index in [1.165, 1.54) is 16.9 Å². The topological polar surface area (TPSA) is 66.1 Å². The number of nitrogens with one attached hydrogen (secondary N) is 1. The van der Waals surface area contributed by atoms with Crippen LogP contribution in [0.25, 0.3) is 21.9 Å². The molecule has 0 unspecified atom stereocenters. The summed E-state index contributed by atoms with van der Waals surface area (Å²) in [5.74, 6) is 0.714. The summed E-state index contributed by atoms with van der Waals surface area (Å²) in [5, 5.41) is 0.621. The Hall–Kier alpha value is -2.73. The van der Waals surface area contributed by atoms with E-state index in [4.69, 9.17) is 4.98 Å². The first kappa shape index (κ1) is 20.5. The molecule has 1 amide bonds. The van der Waals surface area contributed by atoms with Gasteiger partial charge in [0, 0.05) is 18.0 Å². The molecule has 156 valence electrons. The van der Waals surface area contributed by atoms with Gasteiger partial charge < -0.3 is 9.88 Å². The zero-order chi connectivity index (χ0) is 21.4. The van der Waals surface area contributed by atoms with Crippen molar-refractivity contribution < 1.29 is 4.79 Å². The minimum Gasteiger partial charge on any atom is -0.339 e. The van der Waals surface area contributed by atoms with Crippen LogP contribution in [0.15, 0.2) is 29.1 Å². The van der Waals surface area contributed by atoms with Gasteiger partial charge in [0.05, 0.1) is 11.0 Å². The largest absolute Gasteiger partial charge is 0.339 e. The van der Waals surface area contributed by atoms with E-state index in [-0.39, 0.29) is 11.5 Å². The second kappa shape index (κ2) is 8.19. The third-order valence-corrected chi connectivity index (χ3v) is 6.93. The minimum atomic E-state index is -0.188. The van der Waals surface area contributed by atoms with Crippen molar-refractivity contribution in [3.05, 3.63) is 62.0 Å². The van der Waals surface area contributed by atoms with Gasteiger partial charge in [0.2, 0.25) is 0 Å². The van der Waals surface area contributed by atoms with Gasteiger partial charge in [0.25, 0.3) is 11.5 Å². The summed E-state index contributed by atoms with van der Waals surface area (Å²) >= 11 is 1.50. The Morgan fingerprint density at radius 2 is 1.83 bits per heavy atom. The summed E-state index contributed by atoms with van der Waals surface area (Å²) in [7, 11) is 0. The highest BCUT2D eigenvalue weighted by Crippen LogP contribution is 2.28. The highest BCUT2D eigenvalue weighted by molar-refractivity contribution is 7.18. The number of carbonyl (C=O) groups excluding carboxylic acids is 1. The lowest BCUT2D eigenvalue weighted by Gasteiger charge is -2.17. The number of H-pyrrole nitrogens is 1. The summed E-state index contributed by atoms with van der Waals surface area (Å²) in [6.07, 6.45) is 3.87. The number of nitrogens with zero attached hydrogens (tertiary/aromatic N) is 2. The number of fused-ring (bicyclic) bond motifs is 1. The zero-order valence-corrected chi connectivity index (χ0v) is 18.7. The van der Waals surface area contributed by atoms with Crippen LogP contribution in [-0.4, -0.2) is 33.9 Å². The van der Waals surface area contributed by atoms with E-state index >= 15 is 0 Å². The third-order valence-electron chi connectivity index (χ3n) is 5.83. The van der Waals surface area contributed by atoms with Crippen molar-refractivity contribution in [2.24, 2.45) is 0 Å². The molecule has 1 fully saturated rings. The highest BCUT2D eigenvalue weighted by atomic mass is 32.1. The van der Waals surface area contributed by atoms with Crippen molar-refractivity contribution in [3.8, 4) is 0 Å². The van der Waals surface area contributed by atoms with Crippen LogP contribution in [0.5, 0.6) is 0 Å². The number of aromatic nitrogens is 2. The van der Waals surface area contributed by atoms with Gasteiger partial charge in [0.15, 0.2) is 0 Å². The van der Waals surface area contributed by atoms with E-state index in [9.17, 15) is 9.59 Å². The van der Waals surface area contributed by atoms with Crippen molar-refractivity contribution in [2.45, 2.75) is 46.5 Å². The fourth-order valence-corrected chi connectivity index (χ4v) is 4.88. The molecule has 2 aromatic heterocycles. The van der Waals surface area contributed by atoms with Gasteiger partial charge in [-0.1, -0.05) is 38.1 Å². The number of likely N-dealkylation sites (tertiary alicyclic amines) is 1. The van der Waals surface area contributed by atoms with Gasteiger partial charge in [0.1, 0.15) is 10.7 Å². The highest BCUT2D eigenvalue weighted by Gasteiger charge is 2.25. The van der Waals surface area contributed by atoms with Crippen LogP contribution < -0.4 is 5.56 Å². The first-order valence-electron chi connectivity index (χ1n) is 10.5. The maximum atomic E-state index is 13.3. The van der Waals surface area contributed by atoms with Crippen molar-refractivity contribution in [1.29, 1.82) is 0 Å². The van der Waals surface area contributed by atoms with E-state index in [0.29, 0.717) is 27.5 Å². The number of benzene rings is 1. The van der Waals surface area contributed by atoms with Crippen LogP contribution in [0, 0.1) is 13.8 Å². The van der Waals surface area contributed by atoms with Gasteiger partial charge in [-0.3, -0.25) is 9.59 Å². The molecule has 5 nitrogen and oxygen atoms in total. The van der Waals surface area contributed by atoms with Crippen molar-refractivity contribution in [1.82, 2.24) is 14.9 Å². The number of rotatable bonds is 4. The SMILES string of the molecule is Cc1sc2nc(/C(=C\c3ccc(C(C)C)cc3)C(=O)N3CCCC3)[nH]c(=O)c2c1C. The summed E-state index contributed by atoms with van der Waals surface area (Å²) in [6.45, 7) is 9.72. The van der Waals surface area contributed by atoms with Crippen LogP contribution in [0.1, 0.15) is 60.0 Å². The van der Waals surface area contributed by atoms with E-state index in [2.05, 4.69) is 31.0 Å². The molecular weight excluding hydrogens is 394 g/mol. The first-order chi connectivity index (χ1) is 14.3.